The molecular weight excluding hydrogens is 490 g/mol. The normalized spacial score (nSPS) is 18.5. The Morgan fingerprint density at radius 2 is 1.90 bits per heavy atom. The van der Waals surface area contributed by atoms with E-state index in [4.69, 9.17) is 9.72 Å². The van der Waals surface area contributed by atoms with Crippen LogP contribution in [-0.2, 0) is 11.3 Å². The Hall–Kier alpha value is -3.39. The van der Waals surface area contributed by atoms with Crippen LogP contribution in [0.5, 0.6) is 5.75 Å². The third-order valence-electron chi connectivity index (χ3n) is 7.87. The number of hydrogen-bond donors (Lipinski definition) is 1. The van der Waals surface area contributed by atoms with Gasteiger partial charge in [0.1, 0.15) is 18.1 Å². The van der Waals surface area contributed by atoms with Crippen molar-refractivity contribution in [2.75, 3.05) is 44.7 Å². The van der Waals surface area contributed by atoms with Crippen molar-refractivity contribution >= 4 is 22.5 Å². The molecule has 2 aliphatic heterocycles. The number of anilines is 1. The van der Waals surface area contributed by atoms with Gasteiger partial charge in [0.2, 0.25) is 5.91 Å². The van der Waals surface area contributed by atoms with E-state index >= 15 is 0 Å². The summed E-state index contributed by atoms with van der Waals surface area (Å²) < 4.78 is 6.90. The molecule has 0 radical (unpaired) electrons. The molecule has 2 aliphatic rings. The molecule has 208 valence electrons. The lowest BCUT2D eigenvalue weighted by molar-refractivity contribution is -0.122. The number of methoxy groups -OCH3 is 1. The van der Waals surface area contributed by atoms with Crippen molar-refractivity contribution in [2.24, 2.45) is 5.92 Å². The molecule has 2 fully saturated rings. The minimum Gasteiger partial charge on any atom is -0.497 e. The molecule has 0 bridgehead atoms. The Labute approximate surface area is 231 Å². The summed E-state index contributed by atoms with van der Waals surface area (Å²) in [6.45, 7) is 9.31. The van der Waals surface area contributed by atoms with Gasteiger partial charge in [-0.1, -0.05) is 18.6 Å². The van der Waals surface area contributed by atoms with E-state index in [9.17, 15) is 9.59 Å². The van der Waals surface area contributed by atoms with Gasteiger partial charge in [-0.15, -0.1) is 0 Å². The number of rotatable bonds is 8. The van der Waals surface area contributed by atoms with E-state index in [1.807, 2.05) is 50.2 Å². The lowest BCUT2D eigenvalue weighted by Crippen LogP contribution is -2.42. The minimum absolute atomic E-state index is 0.0227. The van der Waals surface area contributed by atoms with Crippen LogP contribution in [0.3, 0.4) is 0 Å². The van der Waals surface area contributed by atoms with Crippen LogP contribution in [-0.4, -0.2) is 66.2 Å². The second-order valence-electron chi connectivity index (χ2n) is 11.3. The lowest BCUT2D eigenvalue weighted by Gasteiger charge is -2.38. The molecule has 8 heteroatoms. The van der Waals surface area contributed by atoms with Gasteiger partial charge in [0.25, 0.3) is 5.56 Å². The van der Waals surface area contributed by atoms with Crippen LogP contribution in [0.1, 0.15) is 46.0 Å². The fraction of sp³-hybridized carbons (Fsp3) is 0.516. The quantitative estimate of drug-likeness (QED) is 0.467. The second-order valence-corrected chi connectivity index (χ2v) is 11.3. The standard InChI is InChI=1S/C31H41N5O3/c1-22(2)32-29(37)21-36-30(24-10-7-11-26(17-24)39-3)33-28-13-12-25(18-27(28)31(36)38)35-16-8-9-23(20-35)19-34-14-5-4-6-15-34/h7,10-13,17-18,22-23H,4-6,8-9,14-16,19-21H2,1-3H3,(H,32,37)/t23-/m1/s1. The molecule has 1 N–H and O–H groups in total. The predicted octanol–water partition coefficient (Wildman–Crippen LogP) is 4.30. The van der Waals surface area contributed by atoms with Crippen molar-refractivity contribution in [3.63, 3.8) is 0 Å². The topological polar surface area (TPSA) is 79.7 Å². The van der Waals surface area contributed by atoms with Gasteiger partial charge in [-0.25, -0.2) is 4.98 Å². The summed E-state index contributed by atoms with van der Waals surface area (Å²) in [5, 5.41) is 3.44. The van der Waals surface area contributed by atoms with Gasteiger partial charge in [-0.2, -0.15) is 0 Å². The predicted molar refractivity (Wildman–Crippen MR) is 156 cm³/mol. The number of hydrogen-bond acceptors (Lipinski definition) is 6. The van der Waals surface area contributed by atoms with Gasteiger partial charge in [0.05, 0.1) is 18.0 Å². The second kappa shape index (κ2) is 12.2. The van der Waals surface area contributed by atoms with Crippen LogP contribution in [0, 0.1) is 5.92 Å². The molecule has 0 spiro atoms. The highest BCUT2D eigenvalue weighted by Gasteiger charge is 2.24. The summed E-state index contributed by atoms with van der Waals surface area (Å²) in [5.74, 6) is 1.54. The number of aromatic nitrogens is 2. The molecule has 2 aromatic carbocycles. The molecule has 1 amide bonds. The average Bonchev–Trinajstić information content (AvgIpc) is 2.94. The summed E-state index contributed by atoms with van der Waals surface area (Å²) in [5.41, 5.74) is 2.20. The van der Waals surface area contributed by atoms with Crippen LogP contribution in [0.2, 0.25) is 0 Å². The number of likely N-dealkylation sites (tertiary alicyclic amines) is 1. The Bertz CT molecular complexity index is 1360. The summed E-state index contributed by atoms with van der Waals surface area (Å²) >= 11 is 0. The molecule has 8 nitrogen and oxygen atoms in total. The van der Waals surface area contributed by atoms with E-state index in [2.05, 4.69) is 21.2 Å². The highest BCUT2D eigenvalue weighted by molar-refractivity contribution is 5.84. The summed E-state index contributed by atoms with van der Waals surface area (Å²) in [4.78, 5) is 36.7. The van der Waals surface area contributed by atoms with E-state index in [1.165, 1.54) is 43.3 Å². The number of amides is 1. The smallest absolute Gasteiger partial charge is 0.262 e. The summed E-state index contributed by atoms with van der Waals surface area (Å²) in [6.07, 6.45) is 6.39. The van der Waals surface area contributed by atoms with Gasteiger partial charge in [0.15, 0.2) is 0 Å². The van der Waals surface area contributed by atoms with Gasteiger partial charge in [-0.3, -0.25) is 14.2 Å². The maximum absolute atomic E-state index is 13.9. The zero-order chi connectivity index (χ0) is 27.4. The van der Waals surface area contributed by atoms with Gasteiger partial charge < -0.3 is 19.9 Å². The lowest BCUT2D eigenvalue weighted by atomic mass is 9.96. The van der Waals surface area contributed by atoms with Crippen molar-refractivity contribution in [3.8, 4) is 17.1 Å². The van der Waals surface area contributed by atoms with E-state index in [0.717, 1.165) is 37.3 Å². The molecular formula is C31H41N5O3. The molecule has 3 aromatic rings. The van der Waals surface area contributed by atoms with Crippen LogP contribution < -0.4 is 20.5 Å². The third-order valence-corrected chi connectivity index (χ3v) is 7.87. The van der Waals surface area contributed by atoms with Gasteiger partial charge in [0, 0.05) is 36.9 Å². The summed E-state index contributed by atoms with van der Waals surface area (Å²) in [6, 6.07) is 13.4. The first-order chi connectivity index (χ1) is 18.9. The number of carbonyl (C=O) groups is 1. The van der Waals surface area contributed by atoms with Crippen molar-refractivity contribution in [1.29, 1.82) is 0 Å². The third kappa shape index (κ3) is 6.44. The van der Waals surface area contributed by atoms with E-state index < -0.39 is 0 Å². The van der Waals surface area contributed by atoms with Crippen LogP contribution in [0.15, 0.2) is 47.3 Å². The monoisotopic (exact) mass is 531 g/mol. The van der Waals surface area contributed by atoms with Crippen molar-refractivity contribution in [3.05, 3.63) is 52.8 Å². The van der Waals surface area contributed by atoms with Gasteiger partial charge in [-0.05, 0) is 88.9 Å². The van der Waals surface area contributed by atoms with Crippen LogP contribution in [0.4, 0.5) is 5.69 Å². The Morgan fingerprint density at radius 1 is 1.08 bits per heavy atom. The SMILES string of the molecule is COc1cccc(-c2nc3ccc(N4CCC[C@H](CN5CCCCC5)C4)cc3c(=O)n2CC(=O)NC(C)C)c1. The fourth-order valence-electron chi connectivity index (χ4n) is 6.00. The van der Waals surface area contributed by atoms with E-state index in [-0.39, 0.29) is 24.1 Å². The average molecular weight is 532 g/mol. The summed E-state index contributed by atoms with van der Waals surface area (Å²) in [7, 11) is 1.61. The van der Waals surface area contributed by atoms with Crippen molar-refractivity contribution < 1.29 is 9.53 Å². The first-order valence-electron chi connectivity index (χ1n) is 14.4. The molecule has 0 aliphatic carbocycles. The van der Waals surface area contributed by atoms with E-state index in [1.54, 1.807) is 7.11 Å². The molecule has 5 rings (SSSR count). The molecule has 1 atom stereocenters. The highest BCUT2D eigenvalue weighted by atomic mass is 16.5. The first kappa shape index (κ1) is 27.2. The Kier molecular flexibility index (Phi) is 8.50. The highest BCUT2D eigenvalue weighted by Crippen LogP contribution is 2.28. The zero-order valence-electron chi connectivity index (χ0n) is 23.5. The number of nitrogens with zero attached hydrogens (tertiary/aromatic N) is 4. The molecule has 0 saturated carbocycles. The van der Waals surface area contributed by atoms with Crippen LogP contribution in [0.25, 0.3) is 22.3 Å². The molecule has 39 heavy (non-hydrogen) atoms. The Morgan fingerprint density at radius 3 is 2.67 bits per heavy atom. The van der Waals surface area contributed by atoms with Gasteiger partial charge >= 0.3 is 0 Å². The largest absolute Gasteiger partial charge is 0.497 e. The number of piperidine rings is 2. The number of nitrogens with one attached hydrogen (secondary N) is 1. The molecule has 1 aromatic heterocycles. The first-order valence-corrected chi connectivity index (χ1v) is 14.4. The molecule has 3 heterocycles. The number of benzene rings is 2. The molecule has 2 saturated heterocycles. The van der Waals surface area contributed by atoms with E-state index in [0.29, 0.717) is 28.4 Å². The number of ether oxygens (including phenoxy) is 1. The maximum Gasteiger partial charge on any atom is 0.262 e. The zero-order valence-corrected chi connectivity index (χ0v) is 23.5. The molecule has 0 unspecified atom stereocenters. The maximum atomic E-state index is 13.9. The van der Waals surface area contributed by atoms with Crippen molar-refractivity contribution in [2.45, 2.75) is 58.5 Å². The minimum atomic E-state index is -0.217. The Balaban J connectivity index is 1.48. The number of carbonyl (C=O) groups excluding carboxylic acids is 1. The van der Waals surface area contributed by atoms with Crippen LogP contribution >= 0.6 is 0 Å². The number of fused-ring (bicyclic) bond motifs is 1. The fourth-order valence-corrected chi connectivity index (χ4v) is 6.00. The van der Waals surface area contributed by atoms with Crippen molar-refractivity contribution in [1.82, 2.24) is 19.8 Å².